The molecule has 0 unspecified atom stereocenters. The first-order valence-corrected chi connectivity index (χ1v) is 18.1. The summed E-state index contributed by atoms with van der Waals surface area (Å²) in [6.07, 6.45) is 2.55. The summed E-state index contributed by atoms with van der Waals surface area (Å²) in [6, 6.07) is 0. The molecule has 10 heteroatoms. The van der Waals surface area contributed by atoms with Gasteiger partial charge in [0.2, 0.25) is 0 Å². The number of esters is 1. The van der Waals surface area contributed by atoms with Crippen LogP contribution in [0.5, 0.6) is 0 Å². The third-order valence-corrected chi connectivity index (χ3v) is 15.6. The van der Waals surface area contributed by atoms with E-state index in [0.717, 1.165) is 44.9 Å². The van der Waals surface area contributed by atoms with Gasteiger partial charge in [0.15, 0.2) is 12.1 Å². The largest absolute Gasteiger partial charge is 0.457 e. The molecule has 8 rings (SSSR count). The van der Waals surface area contributed by atoms with Crippen LogP contribution in [0.15, 0.2) is 11.6 Å². The van der Waals surface area contributed by atoms with Gasteiger partial charge >= 0.3 is 5.97 Å². The van der Waals surface area contributed by atoms with E-state index in [1.165, 1.54) is 12.5 Å². The molecular weight excluding hydrogens is 604 g/mol. The van der Waals surface area contributed by atoms with Crippen molar-refractivity contribution < 1.29 is 48.9 Å². The topological polar surface area (TPSA) is 144 Å². The molecule has 3 spiro atoms. The molecule has 0 aromatic heterocycles. The number of hydrogen-bond donors (Lipinski definition) is 4. The second kappa shape index (κ2) is 9.81. The summed E-state index contributed by atoms with van der Waals surface area (Å²) in [7, 11) is 0. The Morgan fingerprint density at radius 2 is 1.74 bits per heavy atom. The van der Waals surface area contributed by atoms with Crippen LogP contribution in [0.3, 0.4) is 0 Å². The summed E-state index contributed by atoms with van der Waals surface area (Å²) in [5.74, 6) is -0.922. The van der Waals surface area contributed by atoms with Gasteiger partial charge in [-0.3, -0.25) is 4.79 Å². The highest BCUT2D eigenvalue weighted by molar-refractivity contribution is 5.66. The van der Waals surface area contributed by atoms with Crippen LogP contribution < -0.4 is 0 Å². The molecule has 10 nitrogen and oxygen atoms in total. The quantitative estimate of drug-likeness (QED) is 0.261. The van der Waals surface area contributed by atoms with Crippen LogP contribution in [0.2, 0.25) is 0 Å². The Morgan fingerprint density at radius 3 is 2.45 bits per heavy atom. The Bertz CT molecular complexity index is 1380. The van der Waals surface area contributed by atoms with Crippen molar-refractivity contribution in [3.05, 3.63) is 11.6 Å². The minimum absolute atomic E-state index is 0.00363. The molecule has 0 aromatic rings. The van der Waals surface area contributed by atoms with Crippen LogP contribution in [0.4, 0.5) is 0 Å². The van der Waals surface area contributed by atoms with E-state index in [2.05, 4.69) is 40.7 Å². The van der Waals surface area contributed by atoms with Gasteiger partial charge in [-0.15, -0.1) is 0 Å². The average Bonchev–Trinajstić information content (AvgIpc) is 3.49. The van der Waals surface area contributed by atoms with Crippen LogP contribution in [0, 0.1) is 44.8 Å². The number of fused-ring (bicyclic) bond motifs is 4. The molecule has 2 bridgehead atoms. The van der Waals surface area contributed by atoms with Crippen LogP contribution in [0.1, 0.15) is 100 Å². The van der Waals surface area contributed by atoms with E-state index < -0.39 is 53.6 Å². The second-order valence-electron chi connectivity index (χ2n) is 18.4. The highest BCUT2D eigenvalue weighted by Gasteiger charge is 2.86. The minimum Gasteiger partial charge on any atom is -0.457 e. The maximum Gasteiger partial charge on any atom is 0.303 e. The molecule has 3 aliphatic heterocycles. The monoisotopic (exact) mass is 660 g/mol. The number of rotatable bonds is 4. The highest BCUT2D eigenvalue weighted by Crippen LogP contribution is 2.89. The van der Waals surface area contributed by atoms with Crippen molar-refractivity contribution >= 4 is 5.97 Å². The Labute approximate surface area is 278 Å². The molecule has 8 aliphatic rings. The predicted octanol–water partition coefficient (Wildman–Crippen LogP) is 3.61. The maximum absolute atomic E-state index is 12.8. The number of hydrogen-bond acceptors (Lipinski definition) is 10. The SMILES string of the molecule is CC(=O)OC(C)(C)[C@H]1O[C@@]23O[C@@H]1C[C@@H](C)[C@@H]2[C@@]1(C)CC[C@@]24C[C@@]25CC[C@H](O[C@@H]2OC[C@H](O)[C@H](O)[C@H]2O)C(C)(C)[C@@H]5CC=C4[C@]1(C)[C@H]3O. The van der Waals surface area contributed by atoms with Crippen molar-refractivity contribution in [3.8, 4) is 0 Å². The third-order valence-electron chi connectivity index (χ3n) is 15.6. The molecule has 5 aliphatic carbocycles. The third kappa shape index (κ3) is 3.83. The molecule has 264 valence electrons. The Morgan fingerprint density at radius 1 is 1.02 bits per heavy atom. The number of aliphatic hydroxyl groups is 4. The van der Waals surface area contributed by atoms with Crippen molar-refractivity contribution in [2.24, 2.45) is 44.8 Å². The normalized spacial score (nSPS) is 57.1. The molecule has 0 radical (unpaired) electrons. The van der Waals surface area contributed by atoms with Gasteiger partial charge in [0.05, 0.1) is 18.8 Å². The Balaban J connectivity index is 1.12. The molecule has 4 N–H and O–H groups in total. The summed E-state index contributed by atoms with van der Waals surface area (Å²) < 4.78 is 31.8. The van der Waals surface area contributed by atoms with Crippen molar-refractivity contribution in [1.29, 1.82) is 0 Å². The van der Waals surface area contributed by atoms with Crippen molar-refractivity contribution in [2.45, 2.75) is 161 Å². The van der Waals surface area contributed by atoms with E-state index in [9.17, 15) is 25.2 Å². The molecule has 4 saturated carbocycles. The lowest BCUT2D eigenvalue weighted by Gasteiger charge is -2.60. The Hall–Kier alpha value is -1.11. The molecule has 3 heterocycles. The molecule has 0 aromatic carbocycles. The van der Waals surface area contributed by atoms with E-state index in [1.54, 1.807) is 0 Å². The fourth-order valence-corrected chi connectivity index (χ4v) is 13.5. The lowest BCUT2D eigenvalue weighted by atomic mass is 9.44. The lowest BCUT2D eigenvalue weighted by molar-refractivity contribution is -0.300. The summed E-state index contributed by atoms with van der Waals surface area (Å²) in [6.45, 7) is 16.6. The van der Waals surface area contributed by atoms with Gasteiger partial charge in [0, 0.05) is 18.3 Å². The van der Waals surface area contributed by atoms with Gasteiger partial charge in [-0.05, 0) is 92.3 Å². The molecule has 0 amide bonds. The number of ether oxygens (including phenoxy) is 5. The first kappa shape index (κ1) is 33.1. The number of allylic oxidation sites excluding steroid dienone is 1. The summed E-state index contributed by atoms with van der Waals surface area (Å²) in [5, 5.41) is 43.6. The summed E-state index contributed by atoms with van der Waals surface area (Å²) in [4.78, 5) is 12.1. The van der Waals surface area contributed by atoms with E-state index in [4.69, 9.17) is 23.7 Å². The fraction of sp³-hybridized carbons (Fsp3) is 0.919. The second-order valence-corrected chi connectivity index (χ2v) is 18.4. The molecule has 16 atom stereocenters. The lowest BCUT2D eigenvalue weighted by Crippen LogP contribution is -2.58. The first-order chi connectivity index (χ1) is 21.8. The van der Waals surface area contributed by atoms with E-state index >= 15 is 0 Å². The van der Waals surface area contributed by atoms with E-state index in [-0.39, 0.29) is 58.3 Å². The number of carbonyl (C=O) groups excluding carboxylic acids is 1. The van der Waals surface area contributed by atoms with Crippen molar-refractivity contribution in [1.82, 2.24) is 0 Å². The van der Waals surface area contributed by atoms with Crippen LogP contribution in [-0.4, -0.2) is 93.4 Å². The van der Waals surface area contributed by atoms with Crippen LogP contribution in [0.25, 0.3) is 0 Å². The van der Waals surface area contributed by atoms with Crippen molar-refractivity contribution in [2.75, 3.05) is 6.61 Å². The van der Waals surface area contributed by atoms with E-state index in [1.807, 2.05) is 13.8 Å². The van der Waals surface area contributed by atoms with Gasteiger partial charge in [0.25, 0.3) is 0 Å². The average molecular weight is 661 g/mol. The van der Waals surface area contributed by atoms with Crippen LogP contribution in [-0.2, 0) is 28.5 Å². The zero-order valence-electron chi connectivity index (χ0n) is 29.3. The molecular formula is C37H56O10. The van der Waals surface area contributed by atoms with Gasteiger partial charge < -0.3 is 44.1 Å². The van der Waals surface area contributed by atoms with E-state index in [0.29, 0.717) is 5.92 Å². The number of aliphatic hydroxyl groups excluding tert-OH is 4. The van der Waals surface area contributed by atoms with Crippen LogP contribution >= 0.6 is 0 Å². The Kier molecular flexibility index (Phi) is 6.90. The zero-order valence-corrected chi connectivity index (χ0v) is 29.3. The standard InChI is InChI=1S/C37H56O10/c1-18-15-21-28(32(5,6)45-19(2)38)47-37(46-21)27(18)33(7)13-14-36-17-35(36)12-11-24(44-29-26(41)25(40)20(39)16-43-29)31(3,4)22(35)9-10-23(36)34(33,8)30(37)42/h10,18,20-22,24-30,39-42H,9,11-17H2,1-8H3/t18-,20+,21-,22+,24+,25+,26-,27-,28+,29+,30-,33-,34-,35-,36+,37+/m1/s1. The summed E-state index contributed by atoms with van der Waals surface area (Å²) >= 11 is 0. The van der Waals surface area contributed by atoms with Gasteiger partial charge in [-0.2, -0.15) is 0 Å². The molecule has 47 heavy (non-hydrogen) atoms. The van der Waals surface area contributed by atoms with Gasteiger partial charge in [0.1, 0.15) is 36.1 Å². The van der Waals surface area contributed by atoms with Gasteiger partial charge in [-0.1, -0.05) is 46.3 Å². The minimum atomic E-state index is -1.31. The maximum atomic E-state index is 12.8. The zero-order chi connectivity index (χ0) is 33.9. The smallest absolute Gasteiger partial charge is 0.303 e. The first-order valence-electron chi connectivity index (χ1n) is 18.1. The van der Waals surface area contributed by atoms with Gasteiger partial charge in [-0.25, -0.2) is 0 Å². The van der Waals surface area contributed by atoms with Crippen molar-refractivity contribution in [3.63, 3.8) is 0 Å². The molecule has 7 fully saturated rings. The summed E-state index contributed by atoms with van der Waals surface area (Å²) in [5.41, 5.74) is -0.442. The molecule has 3 saturated heterocycles. The fourth-order valence-electron chi connectivity index (χ4n) is 13.5. The number of carbonyl (C=O) groups is 1. The predicted molar refractivity (Wildman–Crippen MR) is 168 cm³/mol. The highest BCUT2D eigenvalue weighted by atomic mass is 16.8.